The molecule has 1 aromatic rings. The maximum absolute atomic E-state index is 11.5. The molecule has 0 aromatic heterocycles. The molecule has 0 spiro atoms. The Balaban J connectivity index is 2.85. The maximum atomic E-state index is 11.5. The van der Waals surface area contributed by atoms with E-state index in [1.807, 2.05) is 26.0 Å². The van der Waals surface area contributed by atoms with Crippen LogP contribution in [0.5, 0.6) is 0 Å². The van der Waals surface area contributed by atoms with Crippen LogP contribution in [0.15, 0.2) is 18.2 Å². The highest BCUT2D eigenvalue weighted by Gasteiger charge is 2.20. The number of hydrogen-bond donors (Lipinski definition) is 2. The third-order valence-corrected chi connectivity index (χ3v) is 2.63. The molecule has 0 radical (unpaired) electrons. The number of aliphatic carboxylic acids is 1. The Hall–Kier alpha value is -1.84. The van der Waals surface area contributed by atoms with Crippen LogP contribution in [0.25, 0.3) is 0 Å². The molecule has 1 atom stereocenters. The van der Waals surface area contributed by atoms with E-state index in [0.29, 0.717) is 5.69 Å². The van der Waals surface area contributed by atoms with Gasteiger partial charge < -0.3 is 10.4 Å². The summed E-state index contributed by atoms with van der Waals surface area (Å²) in [5.41, 5.74) is 2.67. The van der Waals surface area contributed by atoms with Crippen LogP contribution in [0.4, 0.5) is 5.69 Å². The lowest BCUT2D eigenvalue weighted by Crippen LogP contribution is -2.27. The van der Waals surface area contributed by atoms with Gasteiger partial charge in [-0.1, -0.05) is 12.1 Å². The zero-order valence-corrected chi connectivity index (χ0v) is 9.57. The molecule has 4 nitrogen and oxygen atoms in total. The Kier molecular flexibility index (Phi) is 3.66. The van der Waals surface area contributed by atoms with E-state index >= 15 is 0 Å². The summed E-state index contributed by atoms with van der Waals surface area (Å²) in [7, 11) is 0. The number of carbonyl (C=O) groups excluding carboxylic acids is 1. The molecule has 1 amide bonds. The van der Waals surface area contributed by atoms with Crippen molar-refractivity contribution >= 4 is 17.6 Å². The molecular weight excluding hydrogens is 206 g/mol. The van der Waals surface area contributed by atoms with E-state index in [-0.39, 0.29) is 0 Å². The van der Waals surface area contributed by atoms with Crippen molar-refractivity contribution in [3.63, 3.8) is 0 Å². The van der Waals surface area contributed by atoms with Gasteiger partial charge in [0, 0.05) is 5.69 Å². The standard InChI is InChI=1S/C12H15NO3/c1-7-5-4-6-10(8(7)2)13-11(14)9(3)12(15)16/h4-6,9H,1-3H3,(H,13,14)(H,15,16). The van der Waals surface area contributed by atoms with Gasteiger partial charge in [0.05, 0.1) is 0 Å². The summed E-state index contributed by atoms with van der Waals surface area (Å²) in [5, 5.41) is 11.3. The fraction of sp³-hybridized carbons (Fsp3) is 0.333. The Bertz CT molecular complexity index is 426. The second-order valence-electron chi connectivity index (χ2n) is 3.80. The van der Waals surface area contributed by atoms with E-state index in [9.17, 15) is 9.59 Å². The van der Waals surface area contributed by atoms with Crippen molar-refractivity contribution in [2.24, 2.45) is 5.92 Å². The number of aryl methyl sites for hydroxylation is 1. The molecule has 0 aliphatic carbocycles. The van der Waals surface area contributed by atoms with Gasteiger partial charge in [0.2, 0.25) is 5.91 Å². The number of nitrogens with one attached hydrogen (secondary N) is 1. The molecule has 1 unspecified atom stereocenters. The summed E-state index contributed by atoms with van der Waals surface area (Å²) >= 11 is 0. The normalized spacial score (nSPS) is 11.9. The Morgan fingerprint density at radius 3 is 2.50 bits per heavy atom. The van der Waals surface area contributed by atoms with Gasteiger partial charge in [-0.2, -0.15) is 0 Å². The van der Waals surface area contributed by atoms with E-state index in [1.165, 1.54) is 6.92 Å². The molecule has 16 heavy (non-hydrogen) atoms. The third kappa shape index (κ3) is 2.59. The average molecular weight is 221 g/mol. The predicted octanol–water partition coefficient (Wildman–Crippen LogP) is 1.96. The number of rotatable bonds is 3. The molecule has 0 aliphatic heterocycles. The van der Waals surface area contributed by atoms with Crippen molar-refractivity contribution in [1.82, 2.24) is 0 Å². The molecule has 2 N–H and O–H groups in total. The first-order valence-corrected chi connectivity index (χ1v) is 5.03. The smallest absolute Gasteiger partial charge is 0.315 e. The van der Waals surface area contributed by atoms with Crippen molar-refractivity contribution in [2.75, 3.05) is 5.32 Å². The monoisotopic (exact) mass is 221 g/mol. The highest BCUT2D eigenvalue weighted by molar-refractivity contribution is 6.04. The Morgan fingerprint density at radius 1 is 1.31 bits per heavy atom. The second-order valence-corrected chi connectivity index (χ2v) is 3.80. The summed E-state index contributed by atoms with van der Waals surface area (Å²) < 4.78 is 0. The summed E-state index contributed by atoms with van der Waals surface area (Å²) in [6.07, 6.45) is 0. The maximum Gasteiger partial charge on any atom is 0.315 e. The predicted molar refractivity (Wildman–Crippen MR) is 61.3 cm³/mol. The van der Waals surface area contributed by atoms with E-state index in [0.717, 1.165) is 11.1 Å². The summed E-state index contributed by atoms with van der Waals surface area (Å²) in [5.74, 6) is -2.66. The molecule has 0 bridgehead atoms. The van der Waals surface area contributed by atoms with Gasteiger partial charge in [0.1, 0.15) is 5.92 Å². The SMILES string of the molecule is Cc1cccc(NC(=O)C(C)C(=O)O)c1C. The molecular formula is C12H15NO3. The van der Waals surface area contributed by atoms with Crippen LogP contribution in [0, 0.1) is 19.8 Å². The van der Waals surface area contributed by atoms with E-state index in [4.69, 9.17) is 5.11 Å². The van der Waals surface area contributed by atoms with Gasteiger partial charge in [-0.3, -0.25) is 9.59 Å². The molecule has 0 saturated heterocycles. The number of carbonyl (C=O) groups is 2. The Morgan fingerprint density at radius 2 is 1.94 bits per heavy atom. The zero-order chi connectivity index (χ0) is 12.3. The van der Waals surface area contributed by atoms with Gasteiger partial charge >= 0.3 is 5.97 Å². The van der Waals surface area contributed by atoms with E-state index < -0.39 is 17.8 Å². The van der Waals surface area contributed by atoms with Crippen LogP contribution in [0.3, 0.4) is 0 Å². The van der Waals surface area contributed by atoms with Crippen molar-refractivity contribution in [3.05, 3.63) is 29.3 Å². The number of amides is 1. The lowest BCUT2D eigenvalue weighted by Gasteiger charge is -2.12. The average Bonchev–Trinajstić information content (AvgIpc) is 2.23. The minimum Gasteiger partial charge on any atom is -0.481 e. The number of carboxylic acids is 1. The van der Waals surface area contributed by atoms with Gasteiger partial charge in [-0.15, -0.1) is 0 Å². The second kappa shape index (κ2) is 4.79. The van der Waals surface area contributed by atoms with Crippen molar-refractivity contribution in [3.8, 4) is 0 Å². The first-order valence-electron chi connectivity index (χ1n) is 5.03. The number of benzene rings is 1. The number of anilines is 1. The summed E-state index contributed by atoms with van der Waals surface area (Å²) in [6, 6.07) is 5.52. The van der Waals surface area contributed by atoms with E-state index in [2.05, 4.69) is 5.32 Å². The van der Waals surface area contributed by atoms with Crippen LogP contribution in [0.2, 0.25) is 0 Å². The van der Waals surface area contributed by atoms with Crippen LogP contribution < -0.4 is 5.32 Å². The van der Waals surface area contributed by atoms with Crippen molar-refractivity contribution in [1.29, 1.82) is 0 Å². The zero-order valence-electron chi connectivity index (χ0n) is 9.57. The van der Waals surface area contributed by atoms with Crippen LogP contribution >= 0.6 is 0 Å². The number of carboxylic acid groups (broad SMARTS) is 1. The Labute approximate surface area is 94.3 Å². The number of hydrogen-bond acceptors (Lipinski definition) is 2. The van der Waals surface area contributed by atoms with Crippen LogP contribution in [-0.4, -0.2) is 17.0 Å². The fourth-order valence-electron chi connectivity index (χ4n) is 1.24. The molecule has 0 fully saturated rings. The minimum atomic E-state index is -1.12. The van der Waals surface area contributed by atoms with Gasteiger partial charge in [0.25, 0.3) is 0 Å². The molecule has 1 aromatic carbocycles. The van der Waals surface area contributed by atoms with Gasteiger partial charge in [0.15, 0.2) is 0 Å². The highest BCUT2D eigenvalue weighted by atomic mass is 16.4. The summed E-state index contributed by atoms with van der Waals surface area (Å²) in [4.78, 5) is 22.1. The molecule has 0 heterocycles. The third-order valence-electron chi connectivity index (χ3n) is 2.63. The first-order chi connectivity index (χ1) is 7.43. The molecule has 86 valence electrons. The van der Waals surface area contributed by atoms with Gasteiger partial charge in [-0.25, -0.2) is 0 Å². The lowest BCUT2D eigenvalue weighted by molar-refractivity contribution is -0.144. The molecule has 0 aliphatic rings. The fourth-order valence-corrected chi connectivity index (χ4v) is 1.24. The molecule has 1 rings (SSSR count). The summed E-state index contributed by atoms with van der Waals surface area (Å²) in [6.45, 7) is 5.19. The quantitative estimate of drug-likeness (QED) is 0.767. The highest BCUT2D eigenvalue weighted by Crippen LogP contribution is 2.18. The molecule has 4 heteroatoms. The van der Waals surface area contributed by atoms with E-state index in [1.54, 1.807) is 6.07 Å². The van der Waals surface area contributed by atoms with Crippen molar-refractivity contribution < 1.29 is 14.7 Å². The lowest BCUT2D eigenvalue weighted by atomic mass is 10.1. The first kappa shape index (κ1) is 12.2. The topological polar surface area (TPSA) is 66.4 Å². The molecule has 0 saturated carbocycles. The van der Waals surface area contributed by atoms with Crippen LogP contribution in [-0.2, 0) is 9.59 Å². The van der Waals surface area contributed by atoms with Crippen LogP contribution in [0.1, 0.15) is 18.1 Å². The van der Waals surface area contributed by atoms with Gasteiger partial charge in [-0.05, 0) is 38.0 Å². The largest absolute Gasteiger partial charge is 0.481 e. The minimum absolute atomic E-state index is 0.499. The van der Waals surface area contributed by atoms with Crippen molar-refractivity contribution in [2.45, 2.75) is 20.8 Å².